The smallest absolute Gasteiger partial charge is 0.307 e. The van der Waals surface area contributed by atoms with E-state index in [2.05, 4.69) is 4.74 Å². The highest BCUT2D eigenvalue weighted by Gasteiger charge is 2.33. The zero-order chi connectivity index (χ0) is 12.3. The summed E-state index contributed by atoms with van der Waals surface area (Å²) in [5.74, 6) is -0.235. The minimum absolute atomic E-state index is 0.0337. The standard InChI is InChI=1S/C12H15NO3S/c1-16-11(14)6-7-13(9-4-5-9)12(15)10-3-2-8-17-10/h2-3,8-9H,4-7H2,1H3. The van der Waals surface area contributed by atoms with Crippen LogP contribution in [0.2, 0.25) is 0 Å². The normalized spacial score (nSPS) is 14.4. The van der Waals surface area contributed by atoms with E-state index in [-0.39, 0.29) is 18.3 Å². The molecule has 0 unspecified atom stereocenters. The fourth-order valence-electron chi connectivity index (χ4n) is 1.69. The second-order valence-corrected chi connectivity index (χ2v) is 4.98. The van der Waals surface area contributed by atoms with Crippen LogP contribution >= 0.6 is 11.3 Å². The Morgan fingerprint density at radius 1 is 1.53 bits per heavy atom. The minimum atomic E-state index is -0.269. The molecular formula is C12H15NO3S. The van der Waals surface area contributed by atoms with Crippen LogP contribution in [0.1, 0.15) is 28.9 Å². The number of methoxy groups -OCH3 is 1. The summed E-state index contributed by atoms with van der Waals surface area (Å²) >= 11 is 1.44. The van der Waals surface area contributed by atoms with Crippen LogP contribution in [0, 0.1) is 0 Å². The molecule has 1 aromatic heterocycles. The molecule has 1 aliphatic carbocycles. The van der Waals surface area contributed by atoms with Crippen molar-refractivity contribution in [2.24, 2.45) is 0 Å². The molecule has 2 rings (SSSR count). The number of amides is 1. The van der Waals surface area contributed by atoms with Crippen LogP contribution in [0.4, 0.5) is 0 Å². The van der Waals surface area contributed by atoms with Crippen LogP contribution in [0.25, 0.3) is 0 Å². The summed E-state index contributed by atoms with van der Waals surface area (Å²) in [6.45, 7) is 0.452. The van der Waals surface area contributed by atoms with Crippen LogP contribution in [0.5, 0.6) is 0 Å². The van der Waals surface area contributed by atoms with Crippen LogP contribution < -0.4 is 0 Å². The third-order valence-corrected chi connectivity index (χ3v) is 3.62. The van der Waals surface area contributed by atoms with Gasteiger partial charge >= 0.3 is 5.97 Å². The van der Waals surface area contributed by atoms with E-state index in [1.54, 1.807) is 4.90 Å². The molecule has 1 aromatic rings. The average molecular weight is 253 g/mol. The predicted octanol–water partition coefficient (Wildman–Crippen LogP) is 1.92. The Labute approximate surface area is 104 Å². The van der Waals surface area contributed by atoms with E-state index in [1.165, 1.54) is 18.4 Å². The predicted molar refractivity (Wildman–Crippen MR) is 65.0 cm³/mol. The van der Waals surface area contributed by atoms with Gasteiger partial charge in [-0.25, -0.2) is 0 Å². The summed E-state index contributed by atoms with van der Waals surface area (Å²) in [5.41, 5.74) is 0. The number of esters is 1. The summed E-state index contributed by atoms with van der Waals surface area (Å²) in [6.07, 6.45) is 2.35. The lowest BCUT2D eigenvalue weighted by molar-refractivity contribution is -0.140. The molecule has 5 heteroatoms. The molecule has 0 radical (unpaired) electrons. The van der Waals surface area contributed by atoms with Gasteiger partial charge < -0.3 is 9.64 Å². The van der Waals surface area contributed by atoms with Crippen LogP contribution in [-0.2, 0) is 9.53 Å². The van der Waals surface area contributed by atoms with Crippen molar-refractivity contribution in [3.8, 4) is 0 Å². The lowest BCUT2D eigenvalue weighted by Gasteiger charge is -2.21. The molecule has 0 aromatic carbocycles. The first-order valence-electron chi connectivity index (χ1n) is 5.63. The number of hydrogen-bond acceptors (Lipinski definition) is 4. The van der Waals surface area contributed by atoms with Gasteiger partial charge in [0.2, 0.25) is 0 Å². The van der Waals surface area contributed by atoms with Gasteiger partial charge in [0.05, 0.1) is 18.4 Å². The first-order chi connectivity index (χ1) is 8.22. The van der Waals surface area contributed by atoms with Crippen LogP contribution in [0.15, 0.2) is 17.5 Å². The lowest BCUT2D eigenvalue weighted by atomic mass is 10.3. The van der Waals surface area contributed by atoms with Crippen molar-refractivity contribution in [3.63, 3.8) is 0 Å². The van der Waals surface area contributed by atoms with E-state index in [1.807, 2.05) is 17.5 Å². The Kier molecular flexibility index (Phi) is 3.78. The van der Waals surface area contributed by atoms with E-state index >= 15 is 0 Å². The lowest BCUT2D eigenvalue weighted by Crippen LogP contribution is -2.34. The number of thiophene rings is 1. The van der Waals surface area contributed by atoms with Crippen LogP contribution in [-0.4, -0.2) is 36.5 Å². The largest absolute Gasteiger partial charge is 0.469 e. The Balaban J connectivity index is 1.97. The maximum atomic E-state index is 12.2. The second-order valence-electron chi connectivity index (χ2n) is 4.03. The molecule has 1 amide bonds. The fourth-order valence-corrected chi connectivity index (χ4v) is 2.37. The third-order valence-electron chi connectivity index (χ3n) is 2.76. The van der Waals surface area contributed by atoms with Gasteiger partial charge in [-0.2, -0.15) is 0 Å². The minimum Gasteiger partial charge on any atom is -0.469 e. The van der Waals surface area contributed by atoms with Gasteiger partial charge in [-0.05, 0) is 24.3 Å². The van der Waals surface area contributed by atoms with E-state index in [0.29, 0.717) is 12.6 Å². The van der Waals surface area contributed by atoms with E-state index in [0.717, 1.165) is 17.7 Å². The van der Waals surface area contributed by atoms with E-state index in [4.69, 9.17) is 0 Å². The maximum Gasteiger partial charge on any atom is 0.307 e. The number of carbonyl (C=O) groups is 2. The molecular weight excluding hydrogens is 238 g/mol. The van der Waals surface area contributed by atoms with Gasteiger partial charge in [0.15, 0.2) is 0 Å². The number of hydrogen-bond donors (Lipinski definition) is 0. The van der Waals surface area contributed by atoms with Gasteiger partial charge in [0.1, 0.15) is 0 Å². The Morgan fingerprint density at radius 2 is 2.29 bits per heavy atom. The molecule has 17 heavy (non-hydrogen) atoms. The number of ether oxygens (including phenoxy) is 1. The van der Waals surface area contributed by atoms with Gasteiger partial charge in [-0.1, -0.05) is 6.07 Å². The average Bonchev–Trinajstić information content (AvgIpc) is 3.02. The third kappa shape index (κ3) is 3.06. The van der Waals surface area contributed by atoms with Gasteiger partial charge in [0.25, 0.3) is 5.91 Å². The number of nitrogens with zero attached hydrogens (tertiary/aromatic N) is 1. The second kappa shape index (κ2) is 5.31. The van der Waals surface area contributed by atoms with Gasteiger partial charge in [-0.15, -0.1) is 11.3 Å². The molecule has 1 heterocycles. The molecule has 1 aliphatic rings. The molecule has 0 spiro atoms. The van der Waals surface area contributed by atoms with Crippen LogP contribution in [0.3, 0.4) is 0 Å². The quantitative estimate of drug-likeness (QED) is 0.753. The molecule has 0 saturated heterocycles. The molecule has 0 N–H and O–H groups in total. The van der Waals surface area contributed by atoms with Crippen molar-refractivity contribution in [2.45, 2.75) is 25.3 Å². The summed E-state index contributed by atoms with van der Waals surface area (Å²) < 4.78 is 4.60. The highest BCUT2D eigenvalue weighted by molar-refractivity contribution is 7.12. The van der Waals surface area contributed by atoms with Gasteiger partial charge in [0, 0.05) is 12.6 Å². The van der Waals surface area contributed by atoms with Crippen molar-refractivity contribution < 1.29 is 14.3 Å². The SMILES string of the molecule is COC(=O)CCN(C(=O)c1cccs1)C1CC1. The monoisotopic (exact) mass is 253 g/mol. The summed E-state index contributed by atoms with van der Waals surface area (Å²) in [5, 5.41) is 1.89. The molecule has 0 aliphatic heterocycles. The van der Waals surface area contributed by atoms with E-state index in [9.17, 15) is 9.59 Å². The topological polar surface area (TPSA) is 46.6 Å². The summed E-state index contributed by atoms with van der Waals surface area (Å²) in [4.78, 5) is 25.8. The molecule has 0 atom stereocenters. The summed E-state index contributed by atoms with van der Waals surface area (Å²) in [7, 11) is 1.37. The van der Waals surface area contributed by atoms with Crippen molar-refractivity contribution >= 4 is 23.2 Å². The Morgan fingerprint density at radius 3 is 2.82 bits per heavy atom. The first-order valence-corrected chi connectivity index (χ1v) is 6.51. The Hall–Kier alpha value is -1.36. The zero-order valence-electron chi connectivity index (χ0n) is 9.72. The fraction of sp³-hybridized carbons (Fsp3) is 0.500. The first kappa shape index (κ1) is 12.1. The maximum absolute atomic E-state index is 12.2. The Bertz CT molecular complexity index is 398. The highest BCUT2D eigenvalue weighted by atomic mass is 32.1. The highest BCUT2D eigenvalue weighted by Crippen LogP contribution is 2.29. The van der Waals surface area contributed by atoms with Crippen molar-refractivity contribution in [3.05, 3.63) is 22.4 Å². The molecule has 1 saturated carbocycles. The van der Waals surface area contributed by atoms with Crippen molar-refractivity contribution in [2.75, 3.05) is 13.7 Å². The number of rotatable bonds is 5. The van der Waals surface area contributed by atoms with Crippen molar-refractivity contribution in [1.82, 2.24) is 4.90 Å². The molecule has 4 nitrogen and oxygen atoms in total. The zero-order valence-corrected chi connectivity index (χ0v) is 10.5. The van der Waals surface area contributed by atoms with E-state index < -0.39 is 0 Å². The molecule has 1 fully saturated rings. The van der Waals surface area contributed by atoms with Gasteiger partial charge in [-0.3, -0.25) is 9.59 Å². The van der Waals surface area contributed by atoms with Crippen molar-refractivity contribution in [1.29, 1.82) is 0 Å². The molecule has 92 valence electrons. The summed E-state index contributed by atoms with van der Waals surface area (Å²) in [6, 6.07) is 4.00. The number of carbonyl (C=O) groups excluding carboxylic acids is 2. The molecule has 0 bridgehead atoms.